The molecule has 116 valence electrons. The van der Waals surface area contributed by atoms with E-state index in [2.05, 4.69) is 30.6 Å². The molecule has 0 spiro atoms. The molecule has 3 aliphatic heterocycles. The quantitative estimate of drug-likeness (QED) is 0.782. The van der Waals surface area contributed by atoms with Crippen LogP contribution in [0.4, 0.5) is 4.39 Å². The van der Waals surface area contributed by atoms with Crippen LogP contribution in [0, 0.1) is 5.92 Å². The molecule has 3 rings (SSSR count). The van der Waals surface area contributed by atoms with Crippen molar-refractivity contribution in [3.05, 3.63) is 0 Å². The average molecular weight is 282 g/mol. The molecule has 3 atom stereocenters. The maximum absolute atomic E-state index is 15.2. The normalized spacial score (nSPS) is 38.5. The molecule has 0 saturated carbocycles. The summed E-state index contributed by atoms with van der Waals surface area (Å²) in [7, 11) is 0. The standard InChI is InChI=1S/C17H31FN2/c1-13(2)19-8-6-17(18,7-9-19)12-20-15-4-5-16(20)11-14(3)10-15/h13-16H,4-12H2,1-3H3/t14?,15-,16+. The number of hydrogen-bond donors (Lipinski definition) is 0. The van der Waals surface area contributed by atoms with Crippen molar-refractivity contribution in [3.8, 4) is 0 Å². The van der Waals surface area contributed by atoms with Gasteiger partial charge < -0.3 is 4.90 Å². The van der Waals surface area contributed by atoms with Gasteiger partial charge in [0.2, 0.25) is 0 Å². The number of nitrogens with zero attached hydrogens (tertiary/aromatic N) is 2. The lowest BCUT2D eigenvalue weighted by molar-refractivity contribution is -0.0124. The zero-order valence-corrected chi connectivity index (χ0v) is 13.4. The van der Waals surface area contributed by atoms with E-state index in [1.807, 2.05) is 0 Å². The predicted molar refractivity (Wildman–Crippen MR) is 81.7 cm³/mol. The van der Waals surface area contributed by atoms with Crippen molar-refractivity contribution in [1.82, 2.24) is 9.80 Å². The minimum atomic E-state index is -0.924. The molecule has 3 heteroatoms. The number of alkyl halides is 1. The van der Waals surface area contributed by atoms with Crippen molar-refractivity contribution < 1.29 is 4.39 Å². The van der Waals surface area contributed by atoms with E-state index in [1.54, 1.807) is 0 Å². The summed E-state index contributed by atoms with van der Waals surface area (Å²) >= 11 is 0. The number of rotatable bonds is 3. The highest BCUT2D eigenvalue weighted by Crippen LogP contribution is 2.41. The molecule has 2 bridgehead atoms. The van der Waals surface area contributed by atoms with E-state index in [0.717, 1.165) is 31.8 Å². The van der Waals surface area contributed by atoms with E-state index in [9.17, 15) is 0 Å². The fraction of sp³-hybridized carbons (Fsp3) is 1.00. The first-order valence-electron chi connectivity index (χ1n) is 8.65. The van der Waals surface area contributed by atoms with Crippen molar-refractivity contribution >= 4 is 0 Å². The molecule has 0 aromatic rings. The Labute approximate surface area is 123 Å². The molecule has 0 aromatic carbocycles. The van der Waals surface area contributed by atoms with Gasteiger partial charge in [0.15, 0.2) is 0 Å². The molecule has 1 unspecified atom stereocenters. The molecule has 20 heavy (non-hydrogen) atoms. The Balaban J connectivity index is 1.58. The maximum atomic E-state index is 15.2. The van der Waals surface area contributed by atoms with Crippen molar-refractivity contribution in [2.45, 2.75) is 83.1 Å². The lowest BCUT2D eigenvalue weighted by atomic mass is 9.87. The monoisotopic (exact) mass is 282 g/mol. The molecule has 0 radical (unpaired) electrons. The third kappa shape index (κ3) is 2.89. The predicted octanol–water partition coefficient (Wildman–Crippen LogP) is 3.46. The summed E-state index contributed by atoms with van der Waals surface area (Å²) in [6, 6.07) is 1.92. The molecular formula is C17H31FN2. The average Bonchev–Trinajstić information content (AvgIpc) is 2.62. The second-order valence-corrected chi connectivity index (χ2v) is 7.91. The van der Waals surface area contributed by atoms with Gasteiger partial charge in [-0.1, -0.05) is 6.92 Å². The van der Waals surface area contributed by atoms with Crippen LogP contribution >= 0.6 is 0 Å². The van der Waals surface area contributed by atoms with Gasteiger partial charge in [0.25, 0.3) is 0 Å². The van der Waals surface area contributed by atoms with Crippen LogP contribution in [0.15, 0.2) is 0 Å². The van der Waals surface area contributed by atoms with Gasteiger partial charge in [-0.15, -0.1) is 0 Å². The fourth-order valence-corrected chi connectivity index (χ4v) is 4.73. The third-order valence-corrected chi connectivity index (χ3v) is 6.01. The van der Waals surface area contributed by atoms with Gasteiger partial charge in [0, 0.05) is 37.8 Å². The molecule has 0 aromatic heterocycles. The summed E-state index contributed by atoms with van der Waals surface area (Å²) < 4.78 is 15.2. The van der Waals surface area contributed by atoms with E-state index < -0.39 is 5.67 Å². The van der Waals surface area contributed by atoms with Crippen LogP contribution in [0.25, 0.3) is 0 Å². The third-order valence-electron chi connectivity index (χ3n) is 6.01. The summed E-state index contributed by atoms with van der Waals surface area (Å²) in [6.45, 7) is 9.40. The molecule has 3 fully saturated rings. The van der Waals surface area contributed by atoms with Gasteiger partial charge in [-0.3, -0.25) is 4.90 Å². The summed E-state index contributed by atoms with van der Waals surface area (Å²) in [6.07, 6.45) is 6.68. The Morgan fingerprint density at radius 3 is 2.15 bits per heavy atom. The summed E-state index contributed by atoms with van der Waals surface area (Å²) in [4.78, 5) is 4.97. The molecule has 0 N–H and O–H groups in total. The number of hydrogen-bond acceptors (Lipinski definition) is 2. The van der Waals surface area contributed by atoms with E-state index in [0.29, 0.717) is 24.7 Å². The molecule has 0 amide bonds. The zero-order valence-electron chi connectivity index (χ0n) is 13.4. The number of halogens is 1. The van der Waals surface area contributed by atoms with Crippen LogP contribution in [0.1, 0.15) is 59.3 Å². The van der Waals surface area contributed by atoms with Crippen LogP contribution in [0.3, 0.4) is 0 Å². The molecular weight excluding hydrogens is 251 g/mol. The minimum absolute atomic E-state index is 0.562. The lowest BCUT2D eigenvalue weighted by Gasteiger charge is -2.45. The van der Waals surface area contributed by atoms with Crippen LogP contribution in [-0.4, -0.2) is 53.2 Å². The minimum Gasteiger partial charge on any atom is -0.301 e. The first kappa shape index (κ1) is 14.8. The summed E-state index contributed by atoms with van der Waals surface area (Å²) in [5, 5.41) is 0. The Kier molecular flexibility index (Phi) is 4.11. The highest BCUT2D eigenvalue weighted by Gasteiger charge is 2.45. The lowest BCUT2D eigenvalue weighted by Crippen LogP contribution is -2.53. The van der Waals surface area contributed by atoms with Crippen LogP contribution < -0.4 is 0 Å². The van der Waals surface area contributed by atoms with E-state index in [-0.39, 0.29) is 0 Å². The number of likely N-dealkylation sites (tertiary alicyclic amines) is 1. The van der Waals surface area contributed by atoms with E-state index in [1.165, 1.54) is 25.7 Å². The largest absolute Gasteiger partial charge is 0.301 e. The first-order valence-corrected chi connectivity index (χ1v) is 8.65. The van der Waals surface area contributed by atoms with Gasteiger partial charge >= 0.3 is 0 Å². The Hall–Kier alpha value is -0.150. The maximum Gasteiger partial charge on any atom is 0.126 e. The highest BCUT2D eigenvalue weighted by atomic mass is 19.1. The van der Waals surface area contributed by atoms with Crippen molar-refractivity contribution in [3.63, 3.8) is 0 Å². The van der Waals surface area contributed by atoms with Crippen molar-refractivity contribution in [2.75, 3.05) is 19.6 Å². The molecule has 3 aliphatic rings. The van der Waals surface area contributed by atoms with Crippen LogP contribution in [-0.2, 0) is 0 Å². The second kappa shape index (κ2) is 5.57. The van der Waals surface area contributed by atoms with Crippen molar-refractivity contribution in [2.24, 2.45) is 5.92 Å². The SMILES string of the molecule is CC1C[C@H]2CC[C@@H](C1)N2CC1(F)CCN(C(C)C)CC1. The smallest absolute Gasteiger partial charge is 0.126 e. The van der Waals surface area contributed by atoms with Gasteiger partial charge in [-0.25, -0.2) is 4.39 Å². The van der Waals surface area contributed by atoms with Crippen molar-refractivity contribution in [1.29, 1.82) is 0 Å². The summed E-state index contributed by atoms with van der Waals surface area (Å²) in [5.41, 5.74) is -0.924. The van der Waals surface area contributed by atoms with Gasteiger partial charge in [-0.2, -0.15) is 0 Å². The Morgan fingerprint density at radius 1 is 1.10 bits per heavy atom. The molecule has 2 nitrogen and oxygen atoms in total. The Bertz CT molecular complexity index is 322. The summed E-state index contributed by atoms with van der Waals surface area (Å²) in [5.74, 6) is 0.849. The number of fused-ring (bicyclic) bond motifs is 2. The first-order chi connectivity index (χ1) is 9.47. The highest BCUT2D eigenvalue weighted by molar-refractivity contribution is 4.99. The van der Waals surface area contributed by atoms with Gasteiger partial charge in [0.05, 0.1) is 0 Å². The molecule has 3 heterocycles. The molecule has 0 aliphatic carbocycles. The topological polar surface area (TPSA) is 6.48 Å². The van der Waals surface area contributed by atoms with Crippen LogP contribution in [0.5, 0.6) is 0 Å². The Morgan fingerprint density at radius 2 is 1.65 bits per heavy atom. The van der Waals surface area contributed by atoms with E-state index in [4.69, 9.17) is 0 Å². The number of piperidine rings is 2. The fourth-order valence-electron chi connectivity index (χ4n) is 4.73. The van der Waals surface area contributed by atoms with E-state index >= 15 is 4.39 Å². The second-order valence-electron chi connectivity index (χ2n) is 7.91. The van der Waals surface area contributed by atoms with Crippen LogP contribution in [0.2, 0.25) is 0 Å². The molecule has 3 saturated heterocycles. The zero-order chi connectivity index (χ0) is 14.3. The van der Waals surface area contributed by atoms with Gasteiger partial charge in [-0.05, 0) is 58.3 Å². The van der Waals surface area contributed by atoms with Gasteiger partial charge in [0.1, 0.15) is 5.67 Å².